The van der Waals surface area contributed by atoms with Crippen LogP contribution in [0.25, 0.3) is 0 Å². The predicted molar refractivity (Wildman–Crippen MR) is 60.3 cm³/mol. The maximum atomic E-state index is 3.53. The van der Waals surface area contributed by atoms with E-state index in [-0.39, 0.29) is 0 Å². The van der Waals surface area contributed by atoms with Crippen LogP contribution in [0, 0.1) is 11.8 Å². The van der Waals surface area contributed by atoms with Gasteiger partial charge in [-0.25, -0.2) is 0 Å². The highest BCUT2D eigenvalue weighted by Gasteiger charge is 2.31. The van der Waals surface area contributed by atoms with Crippen LogP contribution in [0.3, 0.4) is 0 Å². The van der Waals surface area contributed by atoms with Gasteiger partial charge in [0.2, 0.25) is 0 Å². The standard InChI is InChI=1S/C13H19N/c1-11-9-13(11)10-14-8-7-12-5-3-2-4-6-12/h2-6,11,13-14H,7-10H2,1H3. The van der Waals surface area contributed by atoms with Gasteiger partial charge in [0.15, 0.2) is 0 Å². The summed E-state index contributed by atoms with van der Waals surface area (Å²) >= 11 is 0. The van der Waals surface area contributed by atoms with Crippen molar-refractivity contribution in [3.8, 4) is 0 Å². The lowest BCUT2D eigenvalue weighted by molar-refractivity contribution is 0.612. The Balaban J connectivity index is 1.59. The summed E-state index contributed by atoms with van der Waals surface area (Å²) in [5, 5.41) is 3.53. The topological polar surface area (TPSA) is 12.0 Å². The van der Waals surface area contributed by atoms with Crippen molar-refractivity contribution in [2.24, 2.45) is 11.8 Å². The van der Waals surface area contributed by atoms with E-state index < -0.39 is 0 Å². The lowest BCUT2D eigenvalue weighted by Crippen LogP contribution is -2.20. The Hall–Kier alpha value is -0.820. The molecule has 2 unspecified atom stereocenters. The highest BCUT2D eigenvalue weighted by molar-refractivity contribution is 5.14. The van der Waals surface area contributed by atoms with Gasteiger partial charge in [-0.05, 0) is 43.3 Å². The molecule has 1 aliphatic carbocycles. The Bertz CT molecular complexity index is 268. The van der Waals surface area contributed by atoms with E-state index in [9.17, 15) is 0 Å². The Kier molecular flexibility index (Phi) is 3.20. The first-order valence-electron chi connectivity index (χ1n) is 5.61. The van der Waals surface area contributed by atoms with Crippen molar-refractivity contribution in [2.45, 2.75) is 19.8 Å². The zero-order chi connectivity index (χ0) is 9.80. The molecule has 1 N–H and O–H groups in total. The van der Waals surface area contributed by atoms with E-state index in [1.165, 1.54) is 18.5 Å². The minimum Gasteiger partial charge on any atom is -0.316 e. The van der Waals surface area contributed by atoms with Gasteiger partial charge in [-0.3, -0.25) is 0 Å². The molecule has 1 aliphatic rings. The van der Waals surface area contributed by atoms with Gasteiger partial charge in [0.1, 0.15) is 0 Å². The minimum atomic E-state index is 0.964. The SMILES string of the molecule is CC1CC1CNCCc1ccccc1. The molecule has 1 nitrogen and oxygen atoms in total. The van der Waals surface area contributed by atoms with E-state index in [1.807, 2.05) is 0 Å². The molecule has 0 aromatic heterocycles. The van der Waals surface area contributed by atoms with Crippen molar-refractivity contribution in [2.75, 3.05) is 13.1 Å². The number of rotatable bonds is 5. The second-order valence-electron chi connectivity index (χ2n) is 4.41. The van der Waals surface area contributed by atoms with Crippen LogP contribution >= 0.6 is 0 Å². The van der Waals surface area contributed by atoms with Crippen molar-refractivity contribution < 1.29 is 0 Å². The molecular weight excluding hydrogens is 170 g/mol. The van der Waals surface area contributed by atoms with E-state index in [1.54, 1.807) is 0 Å². The summed E-state index contributed by atoms with van der Waals surface area (Å²) in [5.41, 5.74) is 1.43. The van der Waals surface area contributed by atoms with Gasteiger partial charge >= 0.3 is 0 Å². The van der Waals surface area contributed by atoms with Gasteiger partial charge in [0, 0.05) is 0 Å². The van der Waals surface area contributed by atoms with E-state index in [0.29, 0.717) is 0 Å². The van der Waals surface area contributed by atoms with Crippen molar-refractivity contribution in [1.82, 2.24) is 5.32 Å². The lowest BCUT2D eigenvalue weighted by atomic mass is 10.1. The monoisotopic (exact) mass is 189 g/mol. The van der Waals surface area contributed by atoms with Crippen LogP contribution in [0.4, 0.5) is 0 Å². The summed E-state index contributed by atoms with van der Waals surface area (Å²) in [6.45, 7) is 4.67. The maximum absolute atomic E-state index is 3.53. The van der Waals surface area contributed by atoms with Crippen molar-refractivity contribution in [1.29, 1.82) is 0 Å². The zero-order valence-electron chi connectivity index (χ0n) is 8.87. The smallest absolute Gasteiger partial charge is 0.000823 e. The lowest BCUT2D eigenvalue weighted by Gasteiger charge is -2.03. The van der Waals surface area contributed by atoms with Crippen LogP contribution in [0.1, 0.15) is 18.9 Å². The van der Waals surface area contributed by atoms with E-state index in [2.05, 4.69) is 42.6 Å². The maximum Gasteiger partial charge on any atom is -0.000823 e. The summed E-state index contributed by atoms with van der Waals surface area (Å²) < 4.78 is 0. The largest absolute Gasteiger partial charge is 0.316 e. The van der Waals surface area contributed by atoms with Crippen LogP contribution in [-0.4, -0.2) is 13.1 Å². The van der Waals surface area contributed by atoms with Gasteiger partial charge in [-0.1, -0.05) is 37.3 Å². The number of hydrogen-bond donors (Lipinski definition) is 1. The first kappa shape index (κ1) is 9.72. The fourth-order valence-electron chi connectivity index (χ4n) is 1.85. The van der Waals surface area contributed by atoms with Crippen molar-refractivity contribution in [3.63, 3.8) is 0 Å². The molecule has 1 heteroatoms. The molecule has 1 aromatic carbocycles. The summed E-state index contributed by atoms with van der Waals surface area (Å²) in [5.74, 6) is 1.94. The molecule has 2 atom stereocenters. The van der Waals surface area contributed by atoms with Gasteiger partial charge in [0.25, 0.3) is 0 Å². The van der Waals surface area contributed by atoms with Crippen LogP contribution in [0.15, 0.2) is 30.3 Å². The Morgan fingerprint density at radius 2 is 2.00 bits per heavy atom. The second-order valence-corrected chi connectivity index (χ2v) is 4.41. The molecule has 0 heterocycles. The molecule has 14 heavy (non-hydrogen) atoms. The molecule has 1 saturated carbocycles. The highest BCUT2D eigenvalue weighted by Crippen LogP contribution is 2.36. The first-order valence-corrected chi connectivity index (χ1v) is 5.61. The summed E-state index contributed by atoms with van der Waals surface area (Å²) in [6, 6.07) is 10.7. The molecule has 1 aromatic rings. The van der Waals surface area contributed by atoms with Crippen molar-refractivity contribution >= 4 is 0 Å². The Morgan fingerprint density at radius 3 is 2.64 bits per heavy atom. The number of hydrogen-bond acceptors (Lipinski definition) is 1. The number of nitrogens with one attached hydrogen (secondary N) is 1. The first-order chi connectivity index (χ1) is 6.86. The molecular formula is C13H19N. The second kappa shape index (κ2) is 4.61. The minimum absolute atomic E-state index is 0.964. The Morgan fingerprint density at radius 1 is 1.29 bits per heavy atom. The highest BCUT2D eigenvalue weighted by atomic mass is 14.9. The van der Waals surface area contributed by atoms with E-state index in [4.69, 9.17) is 0 Å². The van der Waals surface area contributed by atoms with Gasteiger partial charge in [-0.15, -0.1) is 0 Å². The number of benzene rings is 1. The van der Waals surface area contributed by atoms with Crippen LogP contribution in [0.2, 0.25) is 0 Å². The average Bonchev–Trinajstić information content (AvgIpc) is 2.91. The normalized spacial score (nSPS) is 24.9. The van der Waals surface area contributed by atoms with Crippen molar-refractivity contribution in [3.05, 3.63) is 35.9 Å². The molecule has 2 rings (SSSR count). The molecule has 0 spiro atoms. The van der Waals surface area contributed by atoms with Crippen LogP contribution in [0.5, 0.6) is 0 Å². The average molecular weight is 189 g/mol. The van der Waals surface area contributed by atoms with Crippen LogP contribution < -0.4 is 5.32 Å². The molecule has 1 fully saturated rings. The molecule has 0 saturated heterocycles. The van der Waals surface area contributed by atoms with Gasteiger partial charge < -0.3 is 5.32 Å². The van der Waals surface area contributed by atoms with E-state index in [0.717, 1.165) is 24.8 Å². The summed E-state index contributed by atoms with van der Waals surface area (Å²) in [7, 11) is 0. The quantitative estimate of drug-likeness (QED) is 0.702. The fourth-order valence-corrected chi connectivity index (χ4v) is 1.85. The van der Waals surface area contributed by atoms with E-state index >= 15 is 0 Å². The van der Waals surface area contributed by atoms with Crippen LogP contribution in [-0.2, 0) is 6.42 Å². The fraction of sp³-hybridized carbons (Fsp3) is 0.538. The van der Waals surface area contributed by atoms with Gasteiger partial charge in [0.05, 0.1) is 0 Å². The molecule has 0 aliphatic heterocycles. The third kappa shape index (κ3) is 2.85. The Labute approximate surface area is 86.5 Å². The molecule has 0 radical (unpaired) electrons. The van der Waals surface area contributed by atoms with Gasteiger partial charge in [-0.2, -0.15) is 0 Å². The molecule has 76 valence electrons. The summed E-state index contributed by atoms with van der Waals surface area (Å²) in [4.78, 5) is 0. The summed E-state index contributed by atoms with van der Waals surface area (Å²) in [6.07, 6.45) is 2.58. The molecule has 0 amide bonds. The third-order valence-electron chi connectivity index (χ3n) is 3.12. The predicted octanol–water partition coefficient (Wildman–Crippen LogP) is 2.47. The zero-order valence-corrected chi connectivity index (χ0v) is 8.87. The third-order valence-corrected chi connectivity index (χ3v) is 3.12. The molecule has 0 bridgehead atoms.